The molecule has 0 spiro atoms. The maximum Gasteiger partial charge on any atom is 0.309 e. The lowest BCUT2D eigenvalue weighted by Gasteiger charge is -2.23. The number of benzene rings is 2. The van der Waals surface area contributed by atoms with Gasteiger partial charge >= 0.3 is 11.8 Å². The minimum Gasteiger partial charge on any atom is -0.497 e. The van der Waals surface area contributed by atoms with E-state index in [9.17, 15) is 26.8 Å². The minimum absolute atomic E-state index is 0.00917. The zero-order valence-corrected chi connectivity index (χ0v) is 18.5. The number of sulfonamides is 1. The molecule has 1 atom stereocenters. The molecule has 0 aliphatic carbocycles. The SMILES string of the molecule is COc1ccc(CCNC(=O)C(=O)NC[C@H]2OCCN2S(=O)(=O)c2cc(F)ccc2F)cc1. The van der Waals surface area contributed by atoms with Crippen LogP contribution in [0.5, 0.6) is 5.75 Å². The van der Waals surface area contributed by atoms with Crippen LogP contribution in [0, 0.1) is 11.6 Å². The fourth-order valence-electron chi connectivity index (χ4n) is 3.20. The second-order valence-corrected chi connectivity index (χ2v) is 8.94. The molecule has 0 unspecified atom stereocenters. The molecule has 2 N–H and O–H groups in total. The molecule has 1 heterocycles. The molecule has 0 radical (unpaired) electrons. The first-order chi connectivity index (χ1) is 15.7. The lowest BCUT2D eigenvalue weighted by Crippen LogP contribution is -2.47. The van der Waals surface area contributed by atoms with Crippen LogP contribution < -0.4 is 15.4 Å². The van der Waals surface area contributed by atoms with Gasteiger partial charge < -0.3 is 20.1 Å². The first kappa shape index (κ1) is 24.6. The predicted octanol–water partition coefficient (Wildman–Crippen LogP) is 0.795. The zero-order chi connectivity index (χ0) is 24.0. The van der Waals surface area contributed by atoms with E-state index < -0.39 is 44.6 Å². The molecule has 178 valence electrons. The highest BCUT2D eigenvalue weighted by molar-refractivity contribution is 7.89. The van der Waals surface area contributed by atoms with Gasteiger partial charge in [0.2, 0.25) is 10.0 Å². The van der Waals surface area contributed by atoms with Crippen LogP contribution in [-0.2, 0) is 30.8 Å². The van der Waals surface area contributed by atoms with Crippen molar-refractivity contribution in [2.45, 2.75) is 17.5 Å². The normalized spacial score (nSPS) is 16.4. The van der Waals surface area contributed by atoms with Crippen LogP contribution in [0.2, 0.25) is 0 Å². The van der Waals surface area contributed by atoms with Crippen LogP contribution >= 0.6 is 0 Å². The molecule has 33 heavy (non-hydrogen) atoms. The maximum absolute atomic E-state index is 14.0. The lowest BCUT2D eigenvalue weighted by molar-refractivity contribution is -0.139. The van der Waals surface area contributed by atoms with Crippen LogP contribution in [-0.4, -0.2) is 64.1 Å². The summed E-state index contributed by atoms with van der Waals surface area (Å²) in [5.74, 6) is -3.19. The van der Waals surface area contributed by atoms with E-state index in [1.165, 1.54) is 0 Å². The molecule has 1 aliphatic rings. The summed E-state index contributed by atoms with van der Waals surface area (Å²) < 4.78 is 64.2. The van der Waals surface area contributed by atoms with Crippen LogP contribution in [0.15, 0.2) is 47.4 Å². The van der Waals surface area contributed by atoms with Crippen molar-refractivity contribution in [1.29, 1.82) is 0 Å². The summed E-state index contributed by atoms with van der Waals surface area (Å²) in [6.07, 6.45) is -0.686. The van der Waals surface area contributed by atoms with Gasteiger partial charge in [0.15, 0.2) is 0 Å². The smallest absolute Gasteiger partial charge is 0.309 e. The molecule has 0 bridgehead atoms. The summed E-state index contributed by atoms with van der Waals surface area (Å²) in [7, 11) is -2.87. The topological polar surface area (TPSA) is 114 Å². The van der Waals surface area contributed by atoms with Gasteiger partial charge in [-0.05, 0) is 42.3 Å². The first-order valence-electron chi connectivity index (χ1n) is 10.00. The summed E-state index contributed by atoms with van der Waals surface area (Å²) in [5, 5.41) is 4.77. The van der Waals surface area contributed by atoms with Crippen LogP contribution in [0.4, 0.5) is 8.78 Å². The van der Waals surface area contributed by atoms with Gasteiger partial charge in [0.25, 0.3) is 0 Å². The number of ether oxygens (including phenoxy) is 2. The predicted molar refractivity (Wildman–Crippen MR) is 113 cm³/mol. The lowest BCUT2D eigenvalue weighted by atomic mass is 10.1. The standard InChI is InChI=1S/C21H23F2N3O6S/c1-31-16-5-2-14(3-6-16)8-9-24-20(27)21(28)25-13-19-26(10-11-32-19)33(29,30)18-12-15(22)4-7-17(18)23/h2-7,12,19H,8-11,13H2,1H3,(H,24,27)(H,25,28)/t19-/m1/s1. The third kappa shape index (κ3) is 6.03. The number of nitrogens with zero attached hydrogens (tertiary/aromatic N) is 1. The van der Waals surface area contributed by atoms with E-state index in [2.05, 4.69) is 10.6 Å². The van der Waals surface area contributed by atoms with Gasteiger partial charge in [0.05, 0.1) is 20.3 Å². The Bertz CT molecular complexity index is 1110. The second-order valence-electron chi connectivity index (χ2n) is 7.08. The van der Waals surface area contributed by atoms with Crippen molar-refractivity contribution in [2.24, 2.45) is 0 Å². The van der Waals surface area contributed by atoms with Crippen LogP contribution in [0.3, 0.4) is 0 Å². The average molecular weight is 483 g/mol. The number of nitrogens with one attached hydrogen (secondary N) is 2. The zero-order valence-electron chi connectivity index (χ0n) is 17.7. The van der Waals surface area contributed by atoms with Gasteiger partial charge in [-0.3, -0.25) is 9.59 Å². The molecular weight excluding hydrogens is 460 g/mol. The summed E-state index contributed by atoms with van der Waals surface area (Å²) in [6.45, 7) is -0.267. The molecule has 9 nitrogen and oxygen atoms in total. The number of rotatable bonds is 8. The van der Waals surface area contributed by atoms with Crippen molar-refractivity contribution in [3.63, 3.8) is 0 Å². The highest BCUT2D eigenvalue weighted by Gasteiger charge is 2.38. The van der Waals surface area contributed by atoms with Crippen molar-refractivity contribution in [3.8, 4) is 5.75 Å². The molecule has 1 saturated heterocycles. The van der Waals surface area contributed by atoms with Gasteiger partial charge in [-0.25, -0.2) is 17.2 Å². The Morgan fingerprint density at radius 2 is 1.82 bits per heavy atom. The molecule has 2 aromatic rings. The highest BCUT2D eigenvalue weighted by atomic mass is 32.2. The minimum atomic E-state index is -4.43. The summed E-state index contributed by atoms with van der Waals surface area (Å²) >= 11 is 0. The monoisotopic (exact) mass is 483 g/mol. The maximum atomic E-state index is 14.0. The van der Waals surface area contributed by atoms with Gasteiger partial charge in [-0.15, -0.1) is 0 Å². The molecular formula is C21H23F2N3O6S. The van der Waals surface area contributed by atoms with Gasteiger partial charge in [0, 0.05) is 13.1 Å². The quantitative estimate of drug-likeness (QED) is 0.537. The number of halogens is 2. The van der Waals surface area contributed by atoms with E-state index in [-0.39, 0.29) is 26.2 Å². The Morgan fingerprint density at radius 1 is 1.12 bits per heavy atom. The Hall–Kier alpha value is -3.09. The third-order valence-corrected chi connectivity index (χ3v) is 6.83. The van der Waals surface area contributed by atoms with Crippen molar-refractivity contribution in [2.75, 3.05) is 33.4 Å². The van der Waals surface area contributed by atoms with E-state index in [4.69, 9.17) is 9.47 Å². The molecule has 1 aliphatic heterocycles. The van der Waals surface area contributed by atoms with E-state index in [0.717, 1.165) is 15.9 Å². The molecule has 0 saturated carbocycles. The van der Waals surface area contributed by atoms with Crippen molar-refractivity contribution in [1.82, 2.24) is 14.9 Å². The fraction of sp³-hybridized carbons (Fsp3) is 0.333. The van der Waals surface area contributed by atoms with Crippen molar-refractivity contribution >= 4 is 21.8 Å². The van der Waals surface area contributed by atoms with Crippen LogP contribution in [0.1, 0.15) is 5.56 Å². The number of hydrogen-bond donors (Lipinski definition) is 2. The summed E-state index contributed by atoms with van der Waals surface area (Å²) in [5.41, 5.74) is 0.932. The molecule has 3 rings (SSSR count). The van der Waals surface area contributed by atoms with Gasteiger partial charge in [-0.1, -0.05) is 12.1 Å². The second kappa shape index (κ2) is 10.7. The van der Waals surface area contributed by atoms with Crippen molar-refractivity contribution in [3.05, 3.63) is 59.7 Å². The number of carbonyl (C=O) groups excluding carboxylic acids is 2. The van der Waals surface area contributed by atoms with Gasteiger partial charge in [-0.2, -0.15) is 4.31 Å². The van der Waals surface area contributed by atoms with Gasteiger partial charge in [0.1, 0.15) is 28.5 Å². The van der Waals surface area contributed by atoms with E-state index in [1.54, 1.807) is 19.2 Å². The third-order valence-electron chi connectivity index (χ3n) is 4.92. The fourth-order valence-corrected chi connectivity index (χ4v) is 4.78. The Kier molecular flexibility index (Phi) is 7.95. The van der Waals surface area contributed by atoms with Crippen molar-refractivity contribution < 1.29 is 36.3 Å². The van der Waals surface area contributed by atoms with Crippen LogP contribution in [0.25, 0.3) is 0 Å². The Labute approximate surface area is 189 Å². The number of methoxy groups -OCH3 is 1. The number of amides is 2. The molecule has 2 amide bonds. The average Bonchev–Trinajstić information content (AvgIpc) is 3.29. The first-order valence-corrected chi connectivity index (χ1v) is 11.4. The van der Waals surface area contributed by atoms with E-state index in [0.29, 0.717) is 24.3 Å². The molecule has 2 aromatic carbocycles. The molecule has 12 heteroatoms. The number of carbonyl (C=O) groups is 2. The molecule has 0 aromatic heterocycles. The summed E-state index contributed by atoms with van der Waals surface area (Å²) in [4.78, 5) is 23.3. The van der Waals surface area contributed by atoms with E-state index >= 15 is 0 Å². The Balaban J connectivity index is 1.52. The van der Waals surface area contributed by atoms with E-state index in [1.807, 2.05) is 12.1 Å². The molecule has 1 fully saturated rings. The number of hydrogen-bond acceptors (Lipinski definition) is 6. The summed E-state index contributed by atoms with van der Waals surface area (Å²) in [6, 6.07) is 9.32. The highest BCUT2D eigenvalue weighted by Crippen LogP contribution is 2.25. The largest absolute Gasteiger partial charge is 0.497 e. The Morgan fingerprint density at radius 3 is 2.52 bits per heavy atom.